The molecule has 0 atom stereocenters. The summed E-state index contributed by atoms with van der Waals surface area (Å²) in [6.45, 7) is 0.00612. The van der Waals surface area contributed by atoms with E-state index in [9.17, 15) is 14.4 Å². The number of hydrogen-bond donors (Lipinski definition) is 1. The Morgan fingerprint density at radius 1 is 1.07 bits per heavy atom. The number of aryl methyl sites for hydroxylation is 2. The van der Waals surface area contributed by atoms with Crippen molar-refractivity contribution in [1.82, 2.24) is 0 Å². The Morgan fingerprint density at radius 2 is 1.86 bits per heavy atom. The molecule has 0 bridgehead atoms. The molecule has 5 nitrogen and oxygen atoms in total. The summed E-state index contributed by atoms with van der Waals surface area (Å²) in [5.74, 6) is -0.187. The first-order valence-corrected chi connectivity index (χ1v) is 9.32. The highest BCUT2D eigenvalue weighted by molar-refractivity contribution is 5.98. The van der Waals surface area contributed by atoms with Crippen LogP contribution in [0.5, 0.6) is 5.75 Å². The second-order valence-corrected chi connectivity index (χ2v) is 6.84. The summed E-state index contributed by atoms with van der Waals surface area (Å²) >= 11 is 0. The van der Waals surface area contributed by atoms with Crippen LogP contribution in [0.4, 0.5) is 0 Å². The van der Waals surface area contributed by atoms with E-state index in [1.807, 2.05) is 30.3 Å². The van der Waals surface area contributed by atoms with Crippen LogP contribution in [0.25, 0.3) is 6.08 Å². The van der Waals surface area contributed by atoms with Crippen LogP contribution in [0.2, 0.25) is 0 Å². The molecule has 0 fully saturated rings. The van der Waals surface area contributed by atoms with Gasteiger partial charge in [0.25, 0.3) is 0 Å². The number of Topliss-reactive ketones (excluding diaryl/α,β-unsaturated/α-hetero) is 2. The molecule has 0 aromatic heterocycles. The van der Waals surface area contributed by atoms with Crippen LogP contribution in [0.1, 0.15) is 46.3 Å². The SMILES string of the molecule is O=C(O)/C=C/c1ccc(CCC(=O)COc2ccc3c(c2)CCCC3=O)cc1. The van der Waals surface area contributed by atoms with Crippen LogP contribution in [-0.4, -0.2) is 29.2 Å². The number of benzene rings is 2. The molecule has 0 heterocycles. The number of carboxylic acid groups (broad SMARTS) is 1. The van der Waals surface area contributed by atoms with Crippen molar-refractivity contribution in [1.29, 1.82) is 0 Å². The third-order valence-corrected chi connectivity index (χ3v) is 4.72. The molecule has 0 unspecified atom stereocenters. The van der Waals surface area contributed by atoms with Crippen molar-refractivity contribution in [3.05, 3.63) is 70.8 Å². The van der Waals surface area contributed by atoms with E-state index in [1.54, 1.807) is 12.1 Å². The predicted octanol–water partition coefficient (Wildman–Crippen LogP) is 3.88. The zero-order valence-corrected chi connectivity index (χ0v) is 15.5. The summed E-state index contributed by atoms with van der Waals surface area (Å²) in [5.41, 5.74) is 3.57. The van der Waals surface area contributed by atoms with Gasteiger partial charge in [0.2, 0.25) is 0 Å². The number of carboxylic acids is 1. The number of carbonyl (C=O) groups is 3. The third kappa shape index (κ3) is 5.39. The maximum atomic E-state index is 12.1. The molecule has 1 N–H and O–H groups in total. The molecule has 0 saturated heterocycles. The van der Waals surface area contributed by atoms with Gasteiger partial charge in [-0.15, -0.1) is 0 Å². The van der Waals surface area contributed by atoms with E-state index in [2.05, 4.69) is 0 Å². The minimum Gasteiger partial charge on any atom is -0.486 e. The van der Waals surface area contributed by atoms with Gasteiger partial charge < -0.3 is 9.84 Å². The molecule has 0 spiro atoms. The number of ketones is 2. The summed E-state index contributed by atoms with van der Waals surface area (Å²) in [6.07, 6.45) is 5.91. The normalized spacial score (nSPS) is 13.4. The average Bonchev–Trinajstić information content (AvgIpc) is 2.70. The molecular weight excluding hydrogens is 356 g/mol. The summed E-state index contributed by atoms with van der Waals surface area (Å²) in [6, 6.07) is 12.8. The Balaban J connectivity index is 1.47. The molecule has 2 aromatic rings. The molecule has 28 heavy (non-hydrogen) atoms. The summed E-state index contributed by atoms with van der Waals surface area (Å²) in [7, 11) is 0. The lowest BCUT2D eigenvalue weighted by molar-refractivity contribution is -0.131. The fraction of sp³-hybridized carbons (Fsp3) is 0.261. The van der Waals surface area contributed by atoms with Crippen molar-refractivity contribution in [3.8, 4) is 5.75 Å². The van der Waals surface area contributed by atoms with Gasteiger partial charge in [0.1, 0.15) is 12.4 Å². The Hall–Kier alpha value is -3.21. The lowest BCUT2D eigenvalue weighted by Gasteiger charge is -2.15. The topological polar surface area (TPSA) is 80.7 Å². The van der Waals surface area contributed by atoms with E-state index < -0.39 is 5.97 Å². The number of fused-ring (bicyclic) bond motifs is 1. The third-order valence-electron chi connectivity index (χ3n) is 4.72. The Labute approximate surface area is 163 Å². The van der Waals surface area contributed by atoms with Crippen LogP contribution >= 0.6 is 0 Å². The monoisotopic (exact) mass is 378 g/mol. The maximum Gasteiger partial charge on any atom is 0.328 e. The molecule has 1 aliphatic rings. The first-order valence-electron chi connectivity index (χ1n) is 9.32. The highest BCUT2D eigenvalue weighted by Gasteiger charge is 2.17. The lowest BCUT2D eigenvalue weighted by Crippen LogP contribution is -2.14. The lowest BCUT2D eigenvalue weighted by atomic mass is 9.90. The molecule has 144 valence electrons. The van der Waals surface area contributed by atoms with Gasteiger partial charge in [-0.05, 0) is 60.2 Å². The van der Waals surface area contributed by atoms with Crippen molar-refractivity contribution in [3.63, 3.8) is 0 Å². The largest absolute Gasteiger partial charge is 0.486 e. The predicted molar refractivity (Wildman–Crippen MR) is 106 cm³/mol. The van der Waals surface area contributed by atoms with E-state index in [-0.39, 0.29) is 18.2 Å². The molecule has 0 saturated carbocycles. The molecule has 2 aromatic carbocycles. The Bertz CT molecular complexity index is 909. The standard InChI is InChI=1S/C23H22O5/c24-19(10-8-16-4-6-17(7-5-16)9-13-23(26)27)15-28-20-11-12-21-18(14-20)2-1-3-22(21)25/h4-7,9,11-14H,1-3,8,10,15H2,(H,26,27)/b13-9+. The van der Waals surface area contributed by atoms with Gasteiger partial charge in [-0.2, -0.15) is 0 Å². The van der Waals surface area contributed by atoms with Crippen molar-refractivity contribution in [2.75, 3.05) is 6.61 Å². The second kappa shape index (κ2) is 9.13. The van der Waals surface area contributed by atoms with Gasteiger partial charge in [0.05, 0.1) is 0 Å². The van der Waals surface area contributed by atoms with Crippen molar-refractivity contribution in [2.24, 2.45) is 0 Å². The van der Waals surface area contributed by atoms with Gasteiger partial charge in [0.15, 0.2) is 11.6 Å². The zero-order chi connectivity index (χ0) is 19.9. The number of hydrogen-bond acceptors (Lipinski definition) is 4. The van der Waals surface area contributed by atoms with Gasteiger partial charge in [-0.1, -0.05) is 24.3 Å². The minimum atomic E-state index is -0.986. The van der Waals surface area contributed by atoms with Crippen LogP contribution in [0.15, 0.2) is 48.5 Å². The number of rotatable bonds is 8. The van der Waals surface area contributed by atoms with Gasteiger partial charge in [-0.25, -0.2) is 4.79 Å². The van der Waals surface area contributed by atoms with Gasteiger partial charge in [0, 0.05) is 24.5 Å². The number of carbonyl (C=O) groups excluding carboxylic acids is 2. The van der Waals surface area contributed by atoms with Crippen molar-refractivity contribution < 1.29 is 24.2 Å². The molecule has 0 aliphatic heterocycles. The molecular formula is C23H22O5. The summed E-state index contributed by atoms with van der Waals surface area (Å²) in [4.78, 5) is 34.5. The number of ether oxygens (including phenoxy) is 1. The first-order chi connectivity index (χ1) is 13.5. The highest BCUT2D eigenvalue weighted by Crippen LogP contribution is 2.25. The van der Waals surface area contributed by atoms with Crippen LogP contribution in [0.3, 0.4) is 0 Å². The summed E-state index contributed by atoms with van der Waals surface area (Å²) in [5, 5.41) is 8.63. The average molecular weight is 378 g/mol. The van der Waals surface area contributed by atoms with Crippen LogP contribution in [-0.2, 0) is 22.4 Å². The van der Waals surface area contributed by atoms with Gasteiger partial charge >= 0.3 is 5.97 Å². The smallest absolute Gasteiger partial charge is 0.328 e. The molecule has 0 radical (unpaired) electrons. The molecule has 5 heteroatoms. The van der Waals surface area contributed by atoms with Crippen molar-refractivity contribution >= 4 is 23.6 Å². The van der Waals surface area contributed by atoms with Gasteiger partial charge in [-0.3, -0.25) is 9.59 Å². The molecule has 3 rings (SSSR count). The minimum absolute atomic E-state index is 0.00338. The van der Waals surface area contributed by atoms with E-state index >= 15 is 0 Å². The number of aliphatic carboxylic acids is 1. The van der Waals surface area contributed by atoms with E-state index in [4.69, 9.17) is 9.84 Å². The summed E-state index contributed by atoms with van der Waals surface area (Å²) < 4.78 is 5.61. The van der Waals surface area contributed by atoms with E-state index in [0.717, 1.165) is 41.2 Å². The highest BCUT2D eigenvalue weighted by atomic mass is 16.5. The second-order valence-electron chi connectivity index (χ2n) is 6.84. The van der Waals surface area contributed by atoms with E-state index in [0.29, 0.717) is 25.0 Å². The Morgan fingerprint density at radius 3 is 2.61 bits per heavy atom. The van der Waals surface area contributed by atoms with Crippen LogP contribution in [0, 0.1) is 0 Å². The quantitative estimate of drug-likeness (QED) is 0.705. The fourth-order valence-electron chi connectivity index (χ4n) is 3.20. The molecule has 1 aliphatic carbocycles. The fourth-order valence-corrected chi connectivity index (χ4v) is 3.20. The Kier molecular flexibility index (Phi) is 6.37. The maximum absolute atomic E-state index is 12.1. The zero-order valence-electron chi connectivity index (χ0n) is 15.5. The van der Waals surface area contributed by atoms with Crippen molar-refractivity contribution in [2.45, 2.75) is 32.1 Å². The molecule has 0 amide bonds. The van der Waals surface area contributed by atoms with Crippen LogP contribution < -0.4 is 4.74 Å². The van der Waals surface area contributed by atoms with E-state index in [1.165, 1.54) is 6.08 Å². The first kappa shape index (κ1) is 19.5.